The van der Waals surface area contributed by atoms with Crippen molar-refractivity contribution in [3.63, 3.8) is 0 Å². The van der Waals surface area contributed by atoms with Gasteiger partial charge in [-0.3, -0.25) is 4.79 Å². The van der Waals surface area contributed by atoms with Crippen LogP contribution in [0.1, 0.15) is 21.7 Å². The number of nitrogens with zero attached hydrogens (tertiary/aromatic N) is 1. The number of carbonyl (C=O) groups is 1. The van der Waals surface area contributed by atoms with E-state index < -0.39 is 5.91 Å². The number of nitrogens with one attached hydrogen (secondary N) is 1. The molecule has 0 unspecified atom stereocenters. The predicted octanol–water partition coefficient (Wildman–Crippen LogP) is 2.78. The Balaban J connectivity index is 1.92. The molecule has 1 amide bonds. The van der Waals surface area contributed by atoms with Gasteiger partial charge in [-0.05, 0) is 42.0 Å². The van der Waals surface area contributed by atoms with Crippen LogP contribution in [0.5, 0.6) is 11.5 Å². The molecule has 0 atom stereocenters. The molecule has 0 aliphatic carbocycles. The summed E-state index contributed by atoms with van der Waals surface area (Å²) in [5.74, 6) is 1.57. The van der Waals surface area contributed by atoms with Crippen molar-refractivity contribution in [2.45, 2.75) is 6.42 Å². The van der Waals surface area contributed by atoms with E-state index >= 15 is 0 Å². The van der Waals surface area contributed by atoms with Crippen LogP contribution < -0.4 is 15.2 Å². The van der Waals surface area contributed by atoms with Crippen LogP contribution >= 0.6 is 0 Å². The summed E-state index contributed by atoms with van der Waals surface area (Å²) in [6.45, 7) is 0. The van der Waals surface area contributed by atoms with Crippen molar-refractivity contribution in [1.29, 1.82) is 0 Å². The fourth-order valence-corrected chi connectivity index (χ4v) is 2.57. The lowest BCUT2D eigenvalue weighted by Gasteiger charge is -2.03. The molecule has 0 aliphatic heterocycles. The molecule has 128 valence electrons. The van der Waals surface area contributed by atoms with Crippen molar-refractivity contribution in [3.8, 4) is 22.9 Å². The first-order valence-electron chi connectivity index (χ1n) is 7.76. The lowest BCUT2D eigenvalue weighted by atomic mass is 10.1. The molecule has 3 rings (SSSR count). The average Bonchev–Trinajstić information content (AvgIpc) is 3.06. The molecule has 6 nitrogen and oxygen atoms in total. The van der Waals surface area contributed by atoms with Crippen LogP contribution in [0.25, 0.3) is 11.4 Å². The van der Waals surface area contributed by atoms with E-state index in [2.05, 4.69) is 9.97 Å². The fraction of sp³-hybridized carbons (Fsp3) is 0.158. The van der Waals surface area contributed by atoms with Crippen LogP contribution in [0.2, 0.25) is 0 Å². The first-order chi connectivity index (χ1) is 12.1. The summed E-state index contributed by atoms with van der Waals surface area (Å²) in [5.41, 5.74) is 8.30. The van der Waals surface area contributed by atoms with Crippen LogP contribution in [-0.4, -0.2) is 30.1 Å². The van der Waals surface area contributed by atoms with Gasteiger partial charge in [-0.1, -0.05) is 12.1 Å². The fourth-order valence-electron chi connectivity index (χ4n) is 2.57. The summed E-state index contributed by atoms with van der Waals surface area (Å²) in [4.78, 5) is 19.3. The van der Waals surface area contributed by atoms with E-state index in [9.17, 15) is 4.79 Å². The Morgan fingerprint density at radius 1 is 1.00 bits per heavy atom. The van der Waals surface area contributed by atoms with Gasteiger partial charge in [0.2, 0.25) is 0 Å². The van der Waals surface area contributed by atoms with E-state index in [0.29, 0.717) is 17.9 Å². The quantitative estimate of drug-likeness (QED) is 0.724. The minimum Gasteiger partial charge on any atom is -0.497 e. The maximum atomic E-state index is 11.8. The molecule has 2 aromatic carbocycles. The predicted molar refractivity (Wildman–Crippen MR) is 94.9 cm³/mol. The molecule has 6 heteroatoms. The van der Waals surface area contributed by atoms with Gasteiger partial charge in [0, 0.05) is 12.0 Å². The van der Waals surface area contributed by atoms with Crippen molar-refractivity contribution < 1.29 is 14.3 Å². The third-order valence-electron chi connectivity index (χ3n) is 3.92. The van der Waals surface area contributed by atoms with E-state index in [1.54, 1.807) is 14.2 Å². The number of aromatic amines is 1. The maximum absolute atomic E-state index is 11.8. The van der Waals surface area contributed by atoms with Crippen LogP contribution in [0.3, 0.4) is 0 Å². The number of ether oxygens (including phenoxy) is 2. The highest BCUT2D eigenvalue weighted by molar-refractivity contribution is 5.92. The lowest BCUT2D eigenvalue weighted by Crippen LogP contribution is -2.14. The second kappa shape index (κ2) is 7.09. The van der Waals surface area contributed by atoms with Gasteiger partial charge in [0.15, 0.2) is 0 Å². The molecule has 0 spiro atoms. The number of H-pyrrole nitrogens is 1. The van der Waals surface area contributed by atoms with Crippen LogP contribution in [0, 0.1) is 0 Å². The smallest absolute Gasteiger partial charge is 0.269 e. The first kappa shape index (κ1) is 16.6. The number of nitrogens with two attached hydrogens (primary N) is 1. The number of primary amides is 1. The second-order valence-corrected chi connectivity index (χ2v) is 5.53. The molecular formula is C19H19N3O3. The van der Waals surface area contributed by atoms with Gasteiger partial charge in [-0.2, -0.15) is 0 Å². The highest BCUT2D eigenvalue weighted by Gasteiger charge is 2.16. The second-order valence-electron chi connectivity index (χ2n) is 5.53. The summed E-state index contributed by atoms with van der Waals surface area (Å²) >= 11 is 0. The van der Waals surface area contributed by atoms with Gasteiger partial charge in [-0.15, -0.1) is 0 Å². The Hall–Kier alpha value is -3.28. The van der Waals surface area contributed by atoms with Gasteiger partial charge >= 0.3 is 0 Å². The molecule has 0 saturated heterocycles. The Morgan fingerprint density at radius 2 is 1.56 bits per heavy atom. The zero-order chi connectivity index (χ0) is 17.8. The Labute approximate surface area is 145 Å². The molecule has 0 radical (unpaired) electrons. The van der Waals surface area contributed by atoms with Gasteiger partial charge in [-0.25, -0.2) is 4.98 Å². The molecule has 0 aliphatic rings. The van der Waals surface area contributed by atoms with Crippen LogP contribution in [0.4, 0.5) is 0 Å². The molecular weight excluding hydrogens is 318 g/mol. The van der Waals surface area contributed by atoms with Crippen molar-refractivity contribution in [3.05, 3.63) is 65.5 Å². The molecule has 1 aromatic heterocycles. The largest absolute Gasteiger partial charge is 0.497 e. The topological polar surface area (TPSA) is 90.2 Å². The summed E-state index contributed by atoms with van der Waals surface area (Å²) in [6.07, 6.45) is 0.519. The highest BCUT2D eigenvalue weighted by atomic mass is 16.5. The minimum atomic E-state index is -0.556. The molecule has 25 heavy (non-hydrogen) atoms. The molecule has 0 saturated carbocycles. The maximum Gasteiger partial charge on any atom is 0.269 e. The SMILES string of the molecule is COc1ccc(Cc2[nH]c(-c3ccc(OC)cc3)nc2C(N)=O)cc1. The third kappa shape index (κ3) is 3.63. The summed E-state index contributed by atoms with van der Waals surface area (Å²) in [7, 11) is 3.23. The summed E-state index contributed by atoms with van der Waals surface area (Å²) in [6, 6.07) is 15.1. The number of aromatic nitrogens is 2. The Morgan fingerprint density at radius 3 is 2.08 bits per heavy atom. The number of methoxy groups -OCH3 is 2. The molecule has 1 heterocycles. The monoisotopic (exact) mass is 337 g/mol. The van der Waals surface area contributed by atoms with Gasteiger partial charge in [0.05, 0.1) is 19.9 Å². The molecule has 3 N–H and O–H groups in total. The minimum absolute atomic E-state index is 0.252. The Bertz CT molecular complexity index is 868. The van der Waals surface area contributed by atoms with E-state index in [0.717, 1.165) is 22.6 Å². The molecule has 0 fully saturated rings. The summed E-state index contributed by atoms with van der Waals surface area (Å²) in [5, 5.41) is 0. The number of rotatable bonds is 6. The van der Waals surface area contributed by atoms with Crippen molar-refractivity contribution in [2.24, 2.45) is 5.73 Å². The zero-order valence-corrected chi connectivity index (χ0v) is 14.1. The molecule has 0 bridgehead atoms. The van der Waals surface area contributed by atoms with Crippen molar-refractivity contribution in [2.75, 3.05) is 14.2 Å². The lowest BCUT2D eigenvalue weighted by molar-refractivity contribution is 0.0995. The zero-order valence-electron chi connectivity index (χ0n) is 14.1. The van der Waals surface area contributed by atoms with E-state index in [1.807, 2.05) is 48.5 Å². The van der Waals surface area contributed by atoms with Crippen molar-refractivity contribution >= 4 is 5.91 Å². The van der Waals surface area contributed by atoms with E-state index in [1.165, 1.54) is 0 Å². The van der Waals surface area contributed by atoms with E-state index in [-0.39, 0.29) is 5.69 Å². The highest BCUT2D eigenvalue weighted by Crippen LogP contribution is 2.23. The van der Waals surface area contributed by atoms with Gasteiger partial charge < -0.3 is 20.2 Å². The normalized spacial score (nSPS) is 10.5. The third-order valence-corrected chi connectivity index (χ3v) is 3.92. The summed E-state index contributed by atoms with van der Waals surface area (Å²) < 4.78 is 10.3. The van der Waals surface area contributed by atoms with Gasteiger partial charge in [0.1, 0.15) is 23.0 Å². The van der Waals surface area contributed by atoms with E-state index in [4.69, 9.17) is 15.2 Å². The number of carbonyl (C=O) groups excluding carboxylic acids is 1. The molecule has 3 aromatic rings. The number of imidazole rings is 1. The first-order valence-corrected chi connectivity index (χ1v) is 7.76. The van der Waals surface area contributed by atoms with Crippen LogP contribution in [-0.2, 0) is 6.42 Å². The van der Waals surface area contributed by atoms with Gasteiger partial charge in [0.25, 0.3) is 5.91 Å². The Kier molecular flexibility index (Phi) is 4.70. The standard InChI is InChI=1S/C19H19N3O3/c1-24-14-7-3-12(4-8-14)11-16-17(18(20)23)22-19(21-16)13-5-9-15(25-2)10-6-13/h3-10H,11H2,1-2H3,(H2,20,23)(H,21,22). The average molecular weight is 337 g/mol. The van der Waals surface area contributed by atoms with Crippen molar-refractivity contribution in [1.82, 2.24) is 9.97 Å². The van der Waals surface area contributed by atoms with Crippen LogP contribution in [0.15, 0.2) is 48.5 Å². The number of amides is 1. The number of hydrogen-bond acceptors (Lipinski definition) is 4. The number of benzene rings is 2. The number of hydrogen-bond donors (Lipinski definition) is 2.